The van der Waals surface area contributed by atoms with Crippen LogP contribution in [0.15, 0.2) is 0 Å². The van der Waals surface area contributed by atoms with Gasteiger partial charge in [0.2, 0.25) is 0 Å². The Morgan fingerprint density at radius 2 is 0.707 bits per heavy atom. The van der Waals surface area contributed by atoms with E-state index in [0.717, 1.165) is 128 Å². The van der Waals surface area contributed by atoms with Crippen molar-refractivity contribution in [3.05, 3.63) is 0 Å². The molecule has 0 radical (unpaired) electrons. The number of aliphatic hydroxyl groups is 4. The summed E-state index contributed by atoms with van der Waals surface area (Å²) in [5.41, 5.74) is 0. The van der Waals surface area contributed by atoms with Crippen molar-refractivity contribution >= 4 is 27.6 Å². The first-order valence-electron chi connectivity index (χ1n) is 32.7. The standard InChI is InChI=1S/C63H128N4O6S2/c1-5-9-13-17-21-23-25-27-31-35-39-59(68)55-66(56-60(69)40-36-32-28-26-24-22-18-14-10-6-2)44-38-37-43-63(72)73-52-49-64-45-47-65(48-46-64)50-53-74-75-54-51-67(57-61(70)41-33-29-19-15-11-7-3)58-62(71)42-34-30-20-16-12-8-4/h59-62,68-71H,5-58H2,1-4H3. The minimum Gasteiger partial charge on any atom is -0.464 e. The van der Waals surface area contributed by atoms with Crippen molar-refractivity contribution in [1.82, 2.24) is 19.6 Å². The molecule has 0 amide bonds. The average molecular weight is 1100 g/mol. The van der Waals surface area contributed by atoms with Crippen molar-refractivity contribution in [2.45, 2.75) is 303 Å². The molecule has 4 atom stereocenters. The molecule has 10 nitrogen and oxygen atoms in total. The molecule has 1 aliphatic heterocycles. The van der Waals surface area contributed by atoms with Gasteiger partial charge in [-0.25, -0.2) is 0 Å². The molecule has 1 heterocycles. The molecule has 1 saturated heterocycles. The fourth-order valence-electron chi connectivity index (χ4n) is 10.8. The molecule has 0 aliphatic carbocycles. The van der Waals surface area contributed by atoms with Gasteiger partial charge in [-0.05, 0) is 45.1 Å². The van der Waals surface area contributed by atoms with Gasteiger partial charge < -0.3 is 25.2 Å². The molecule has 0 aromatic heterocycles. The third-order valence-electron chi connectivity index (χ3n) is 15.7. The second-order valence-electron chi connectivity index (χ2n) is 23.2. The largest absolute Gasteiger partial charge is 0.464 e. The molecular weight excluding hydrogens is 973 g/mol. The van der Waals surface area contributed by atoms with Gasteiger partial charge in [0.05, 0.1) is 24.4 Å². The van der Waals surface area contributed by atoms with Crippen LogP contribution in [0, 0.1) is 0 Å². The molecule has 0 aromatic rings. The van der Waals surface area contributed by atoms with Crippen molar-refractivity contribution in [2.24, 2.45) is 0 Å². The molecule has 4 N–H and O–H groups in total. The van der Waals surface area contributed by atoms with Crippen LogP contribution in [0.25, 0.3) is 0 Å². The molecule has 0 spiro atoms. The molecule has 1 fully saturated rings. The van der Waals surface area contributed by atoms with E-state index >= 15 is 0 Å². The van der Waals surface area contributed by atoms with E-state index in [2.05, 4.69) is 47.3 Å². The van der Waals surface area contributed by atoms with Crippen LogP contribution in [0.5, 0.6) is 0 Å². The van der Waals surface area contributed by atoms with Crippen LogP contribution in [-0.4, -0.2) is 167 Å². The number of ether oxygens (including phenoxy) is 1. The lowest BCUT2D eigenvalue weighted by Crippen LogP contribution is -2.47. The summed E-state index contributed by atoms with van der Waals surface area (Å²) >= 11 is 0. The van der Waals surface area contributed by atoms with E-state index in [1.807, 2.05) is 21.6 Å². The fraction of sp³-hybridized carbons (Fsp3) is 0.984. The second-order valence-corrected chi connectivity index (χ2v) is 25.9. The summed E-state index contributed by atoms with van der Waals surface area (Å²) in [4.78, 5) is 22.3. The Morgan fingerprint density at radius 1 is 0.400 bits per heavy atom. The maximum atomic E-state index is 12.8. The van der Waals surface area contributed by atoms with Gasteiger partial charge >= 0.3 is 5.97 Å². The van der Waals surface area contributed by atoms with Crippen molar-refractivity contribution in [1.29, 1.82) is 0 Å². The number of carbonyl (C=O) groups excluding carboxylic acids is 1. The minimum atomic E-state index is -0.377. The summed E-state index contributed by atoms with van der Waals surface area (Å²) in [5.74, 6) is 1.96. The number of piperazine rings is 1. The van der Waals surface area contributed by atoms with Gasteiger partial charge in [-0.2, -0.15) is 0 Å². The SMILES string of the molecule is CCCCCCCCCCCCC(O)CN(CCCCC(=O)OCCN1CCN(CCSSCCN(CC(O)CCCCCCCC)CC(O)CCCCCCCC)CC1)CC(O)CCCCCCCCCCCC. The Hall–Kier alpha value is -0.150. The number of unbranched alkanes of at least 4 members (excludes halogenated alkanes) is 29. The highest BCUT2D eigenvalue weighted by atomic mass is 33.1. The lowest BCUT2D eigenvalue weighted by molar-refractivity contribution is -0.144. The van der Waals surface area contributed by atoms with Gasteiger partial charge in [0.1, 0.15) is 6.61 Å². The van der Waals surface area contributed by atoms with E-state index < -0.39 is 0 Å². The number of hydrogen-bond donors (Lipinski definition) is 4. The van der Waals surface area contributed by atoms with Crippen molar-refractivity contribution < 1.29 is 30.0 Å². The quantitative estimate of drug-likeness (QED) is 0.0264. The van der Waals surface area contributed by atoms with E-state index in [-0.39, 0.29) is 30.4 Å². The highest BCUT2D eigenvalue weighted by Gasteiger charge is 2.20. The average Bonchev–Trinajstić information content (AvgIpc) is 3.39. The smallest absolute Gasteiger partial charge is 0.305 e. The van der Waals surface area contributed by atoms with E-state index in [1.54, 1.807) is 0 Å². The van der Waals surface area contributed by atoms with Crippen molar-refractivity contribution in [2.75, 3.05) is 96.6 Å². The molecule has 1 rings (SSSR count). The zero-order valence-corrected chi connectivity index (χ0v) is 51.8. The predicted molar refractivity (Wildman–Crippen MR) is 328 cm³/mol. The number of carbonyl (C=O) groups is 1. The monoisotopic (exact) mass is 1100 g/mol. The van der Waals surface area contributed by atoms with Crippen molar-refractivity contribution in [3.63, 3.8) is 0 Å². The summed E-state index contributed by atoms with van der Waals surface area (Å²) in [6.45, 7) is 19.6. The summed E-state index contributed by atoms with van der Waals surface area (Å²) < 4.78 is 5.71. The Labute approximate surface area is 473 Å². The number of nitrogens with zero attached hydrogens (tertiary/aromatic N) is 4. The maximum Gasteiger partial charge on any atom is 0.305 e. The highest BCUT2D eigenvalue weighted by molar-refractivity contribution is 8.76. The minimum absolute atomic E-state index is 0.117. The fourth-order valence-corrected chi connectivity index (χ4v) is 12.8. The zero-order chi connectivity index (χ0) is 54.5. The third kappa shape index (κ3) is 49.4. The molecule has 0 saturated carbocycles. The molecular formula is C63H128N4O6S2. The second kappa shape index (κ2) is 55.7. The molecule has 0 aromatic carbocycles. The number of esters is 1. The van der Waals surface area contributed by atoms with Gasteiger partial charge in [0.25, 0.3) is 0 Å². The Balaban J connectivity index is 2.36. The summed E-state index contributed by atoms with van der Waals surface area (Å²) in [6, 6.07) is 0. The molecule has 1 aliphatic rings. The van der Waals surface area contributed by atoms with E-state index in [4.69, 9.17) is 4.74 Å². The lowest BCUT2D eigenvalue weighted by atomic mass is 10.0. The third-order valence-corrected chi connectivity index (χ3v) is 18.1. The van der Waals surface area contributed by atoms with Crippen LogP contribution >= 0.6 is 21.6 Å². The highest BCUT2D eigenvalue weighted by Crippen LogP contribution is 2.23. The summed E-state index contributed by atoms with van der Waals surface area (Å²) in [7, 11) is 3.87. The summed E-state index contributed by atoms with van der Waals surface area (Å²) in [5, 5.41) is 44.0. The lowest BCUT2D eigenvalue weighted by Gasteiger charge is -2.34. The zero-order valence-electron chi connectivity index (χ0n) is 50.2. The van der Waals surface area contributed by atoms with Crippen LogP contribution in [0.2, 0.25) is 0 Å². The first kappa shape index (κ1) is 72.9. The molecule has 0 bridgehead atoms. The normalized spacial score (nSPS) is 15.3. The predicted octanol–water partition coefficient (Wildman–Crippen LogP) is 14.9. The van der Waals surface area contributed by atoms with Gasteiger partial charge in [-0.1, -0.05) is 255 Å². The van der Waals surface area contributed by atoms with E-state index in [0.29, 0.717) is 39.2 Å². The topological polar surface area (TPSA) is 120 Å². The van der Waals surface area contributed by atoms with Crippen LogP contribution in [0.1, 0.15) is 278 Å². The Bertz CT molecular complexity index is 1120. The van der Waals surface area contributed by atoms with Crippen LogP contribution < -0.4 is 0 Å². The van der Waals surface area contributed by atoms with Crippen molar-refractivity contribution in [3.8, 4) is 0 Å². The maximum absolute atomic E-state index is 12.8. The first-order valence-corrected chi connectivity index (χ1v) is 35.2. The molecule has 12 heteroatoms. The van der Waals surface area contributed by atoms with Gasteiger partial charge in [-0.3, -0.25) is 24.4 Å². The van der Waals surface area contributed by atoms with E-state index in [9.17, 15) is 25.2 Å². The van der Waals surface area contributed by atoms with Gasteiger partial charge in [0.15, 0.2) is 0 Å². The number of aliphatic hydroxyl groups excluding tert-OH is 4. The molecule has 448 valence electrons. The number of hydrogen-bond acceptors (Lipinski definition) is 12. The molecule has 4 unspecified atom stereocenters. The van der Waals surface area contributed by atoms with Crippen LogP contribution in [-0.2, 0) is 9.53 Å². The Morgan fingerprint density at radius 3 is 1.07 bits per heavy atom. The number of rotatable bonds is 59. The van der Waals surface area contributed by atoms with E-state index in [1.165, 1.54) is 180 Å². The Kier molecular flexibility index (Phi) is 54.2. The van der Waals surface area contributed by atoms with Gasteiger partial charge in [-0.15, -0.1) is 0 Å². The molecule has 75 heavy (non-hydrogen) atoms. The first-order chi connectivity index (χ1) is 36.7. The van der Waals surface area contributed by atoms with Gasteiger partial charge in [0, 0.05) is 89.9 Å². The van der Waals surface area contributed by atoms with Crippen LogP contribution in [0.3, 0.4) is 0 Å². The van der Waals surface area contributed by atoms with Crippen LogP contribution in [0.4, 0.5) is 0 Å². The summed E-state index contributed by atoms with van der Waals surface area (Å²) in [6.07, 6.45) is 44.7.